The molecule has 0 saturated carbocycles. The van der Waals surface area contributed by atoms with Gasteiger partial charge in [-0.15, -0.1) is 0 Å². The van der Waals surface area contributed by atoms with Crippen molar-refractivity contribution < 1.29 is 22.3 Å². The zero-order valence-electron chi connectivity index (χ0n) is 7.77. The zero-order valence-corrected chi connectivity index (χ0v) is 7.77. The molecule has 0 aliphatic heterocycles. The van der Waals surface area contributed by atoms with Gasteiger partial charge in [-0.05, 0) is 25.1 Å². The molecule has 83 valence electrons. The molecule has 0 spiro atoms. The Bertz CT molecular complexity index is 333. The third-order valence-corrected chi connectivity index (χ3v) is 1.77. The fraction of sp³-hybridized carbons (Fsp3) is 0.300. The second kappa shape index (κ2) is 4.61. The van der Waals surface area contributed by atoms with Gasteiger partial charge >= 0.3 is 6.18 Å². The molecule has 0 aliphatic rings. The Hall–Kier alpha value is -1.10. The van der Waals surface area contributed by atoms with E-state index in [-0.39, 0.29) is 18.8 Å². The molecule has 0 aliphatic carbocycles. The Morgan fingerprint density at radius 1 is 1.27 bits per heavy atom. The molecule has 15 heavy (non-hydrogen) atoms. The quantitative estimate of drug-likeness (QED) is 0.712. The van der Waals surface area contributed by atoms with Crippen molar-refractivity contribution in [2.75, 3.05) is 6.61 Å². The van der Waals surface area contributed by atoms with E-state index >= 15 is 0 Å². The first kappa shape index (κ1) is 12.0. The second-order valence-corrected chi connectivity index (χ2v) is 2.86. The third kappa shape index (κ3) is 3.20. The minimum atomic E-state index is -4.47. The minimum Gasteiger partial charge on any atom is -0.377 e. The second-order valence-electron chi connectivity index (χ2n) is 2.86. The molecule has 0 atom stereocenters. The molecule has 1 aromatic rings. The highest BCUT2D eigenvalue weighted by atomic mass is 19.4. The van der Waals surface area contributed by atoms with Crippen molar-refractivity contribution in [3.8, 4) is 0 Å². The van der Waals surface area contributed by atoms with Crippen LogP contribution in [0.1, 0.15) is 11.1 Å². The summed E-state index contributed by atoms with van der Waals surface area (Å²) >= 11 is 0. The van der Waals surface area contributed by atoms with Gasteiger partial charge in [-0.2, -0.15) is 13.2 Å². The molecule has 1 aromatic carbocycles. The molecule has 0 unspecified atom stereocenters. The molecule has 0 heterocycles. The van der Waals surface area contributed by atoms with E-state index in [1.165, 1.54) is 0 Å². The van der Waals surface area contributed by atoms with E-state index < -0.39 is 17.6 Å². The summed E-state index contributed by atoms with van der Waals surface area (Å²) in [4.78, 5) is 0. The molecule has 5 heteroatoms. The molecule has 0 aromatic heterocycles. The average molecular weight is 221 g/mol. The van der Waals surface area contributed by atoms with E-state index in [9.17, 15) is 17.6 Å². The van der Waals surface area contributed by atoms with Crippen LogP contribution >= 0.6 is 0 Å². The van der Waals surface area contributed by atoms with Crippen molar-refractivity contribution in [2.45, 2.75) is 12.8 Å². The van der Waals surface area contributed by atoms with Crippen LogP contribution in [0, 0.1) is 12.7 Å². The highest BCUT2D eigenvalue weighted by Crippen LogP contribution is 2.30. The summed E-state index contributed by atoms with van der Waals surface area (Å²) in [6.07, 6.45) is -4.47. The summed E-state index contributed by atoms with van der Waals surface area (Å²) in [7, 11) is 0. The van der Waals surface area contributed by atoms with Crippen molar-refractivity contribution >= 4 is 0 Å². The maximum absolute atomic E-state index is 13.0. The van der Waals surface area contributed by atoms with Crippen LogP contribution in [0.3, 0.4) is 0 Å². The molecule has 1 radical (unpaired) electrons. The summed E-state index contributed by atoms with van der Waals surface area (Å²) in [5.41, 5.74) is -1.000. The Labute approximate surface area is 84.7 Å². The monoisotopic (exact) mass is 221 g/mol. The predicted molar refractivity (Wildman–Crippen MR) is 46.4 cm³/mol. The molecule has 1 nitrogen and oxygen atoms in total. The van der Waals surface area contributed by atoms with Gasteiger partial charge in [0.2, 0.25) is 0 Å². The van der Waals surface area contributed by atoms with Crippen LogP contribution in [0.25, 0.3) is 0 Å². The first-order valence-corrected chi connectivity index (χ1v) is 4.17. The average Bonchev–Trinajstić information content (AvgIpc) is 2.15. The lowest BCUT2D eigenvalue weighted by molar-refractivity contribution is -0.137. The Kier molecular flexibility index (Phi) is 3.68. The summed E-state index contributed by atoms with van der Waals surface area (Å²) in [6.45, 7) is 3.20. The standard InChI is InChI=1S/C10H9F4O/c1-2-15-6-7-5-8(10(12,13)14)3-4-9(7)11/h3-5H,1-2,6H2. The molecule has 1 rings (SSSR count). The molecule has 0 fully saturated rings. The van der Waals surface area contributed by atoms with E-state index in [0.29, 0.717) is 6.07 Å². The summed E-state index contributed by atoms with van der Waals surface area (Å²) < 4.78 is 54.5. The van der Waals surface area contributed by atoms with Gasteiger partial charge in [0.15, 0.2) is 0 Å². The van der Waals surface area contributed by atoms with Crippen molar-refractivity contribution in [1.82, 2.24) is 0 Å². The van der Waals surface area contributed by atoms with Crippen LogP contribution in [0.15, 0.2) is 18.2 Å². The number of halogens is 4. The zero-order chi connectivity index (χ0) is 11.5. The lowest BCUT2D eigenvalue weighted by Gasteiger charge is -2.09. The summed E-state index contributed by atoms with van der Waals surface area (Å²) in [6, 6.07) is 2.22. The SMILES string of the molecule is [CH2]COCc1cc(C(F)(F)F)ccc1F. The van der Waals surface area contributed by atoms with Crippen LogP contribution in [-0.4, -0.2) is 6.61 Å². The van der Waals surface area contributed by atoms with E-state index in [4.69, 9.17) is 4.74 Å². The molecule has 0 amide bonds. The van der Waals surface area contributed by atoms with Crippen molar-refractivity contribution in [1.29, 1.82) is 0 Å². The maximum Gasteiger partial charge on any atom is 0.416 e. The number of benzene rings is 1. The lowest BCUT2D eigenvalue weighted by Crippen LogP contribution is -2.07. The van der Waals surface area contributed by atoms with E-state index in [1.807, 2.05) is 0 Å². The smallest absolute Gasteiger partial charge is 0.377 e. The number of rotatable bonds is 3. The highest BCUT2D eigenvalue weighted by molar-refractivity contribution is 5.26. The molecule has 0 saturated heterocycles. The van der Waals surface area contributed by atoms with Crippen molar-refractivity contribution in [2.24, 2.45) is 0 Å². The molecular formula is C10H9F4O. The van der Waals surface area contributed by atoms with Gasteiger partial charge in [0.1, 0.15) is 5.82 Å². The number of ether oxygens (including phenoxy) is 1. The van der Waals surface area contributed by atoms with Crippen molar-refractivity contribution in [3.05, 3.63) is 42.1 Å². The van der Waals surface area contributed by atoms with Gasteiger partial charge in [0.05, 0.1) is 12.2 Å². The van der Waals surface area contributed by atoms with Crippen LogP contribution in [0.5, 0.6) is 0 Å². The van der Waals surface area contributed by atoms with Gasteiger partial charge in [-0.3, -0.25) is 0 Å². The first-order chi connectivity index (χ1) is 6.95. The van der Waals surface area contributed by atoms with Crippen LogP contribution in [-0.2, 0) is 17.5 Å². The van der Waals surface area contributed by atoms with Gasteiger partial charge in [-0.25, -0.2) is 4.39 Å². The van der Waals surface area contributed by atoms with E-state index in [2.05, 4.69) is 6.92 Å². The van der Waals surface area contributed by atoms with Gasteiger partial charge in [0, 0.05) is 12.2 Å². The maximum atomic E-state index is 13.0. The van der Waals surface area contributed by atoms with Crippen LogP contribution < -0.4 is 0 Å². The topological polar surface area (TPSA) is 9.23 Å². The summed E-state index contributed by atoms with van der Waals surface area (Å²) in [5, 5.41) is 0. The Morgan fingerprint density at radius 2 is 1.93 bits per heavy atom. The van der Waals surface area contributed by atoms with Gasteiger partial charge < -0.3 is 4.74 Å². The third-order valence-electron chi connectivity index (χ3n) is 1.77. The molecule has 0 bridgehead atoms. The van der Waals surface area contributed by atoms with E-state index in [1.54, 1.807) is 0 Å². The molecular weight excluding hydrogens is 212 g/mol. The number of hydrogen-bond donors (Lipinski definition) is 0. The van der Waals surface area contributed by atoms with Crippen molar-refractivity contribution in [3.63, 3.8) is 0 Å². The highest BCUT2D eigenvalue weighted by Gasteiger charge is 2.30. The van der Waals surface area contributed by atoms with Gasteiger partial charge in [0.25, 0.3) is 0 Å². The number of hydrogen-bond acceptors (Lipinski definition) is 1. The van der Waals surface area contributed by atoms with E-state index in [0.717, 1.165) is 12.1 Å². The van der Waals surface area contributed by atoms with Crippen LogP contribution in [0.4, 0.5) is 17.6 Å². The van der Waals surface area contributed by atoms with Crippen LogP contribution in [0.2, 0.25) is 0 Å². The molecule has 0 N–H and O–H groups in total. The fourth-order valence-corrected chi connectivity index (χ4v) is 1.04. The predicted octanol–water partition coefficient (Wildman–Crippen LogP) is 3.20. The fourth-order valence-electron chi connectivity index (χ4n) is 1.04. The normalized spacial score (nSPS) is 11.8. The number of alkyl halides is 3. The Balaban J connectivity index is 2.95. The largest absolute Gasteiger partial charge is 0.416 e. The minimum absolute atomic E-state index is 0.0791. The lowest BCUT2D eigenvalue weighted by atomic mass is 10.1. The Morgan fingerprint density at radius 3 is 2.47 bits per heavy atom. The first-order valence-electron chi connectivity index (χ1n) is 4.17. The summed E-state index contributed by atoms with van der Waals surface area (Å²) in [5.74, 6) is -0.712. The van der Waals surface area contributed by atoms with Gasteiger partial charge in [-0.1, -0.05) is 0 Å².